The zero-order valence-corrected chi connectivity index (χ0v) is 20.9. The van der Waals surface area contributed by atoms with Gasteiger partial charge in [0.2, 0.25) is 0 Å². The number of aromatic nitrogens is 3. The Morgan fingerprint density at radius 1 is 0.487 bits per heavy atom. The van der Waals surface area contributed by atoms with Crippen LogP contribution in [0.1, 0.15) is 0 Å². The molecular formula is C35H21N3O. The highest BCUT2D eigenvalue weighted by molar-refractivity contribution is 6.25. The topological polar surface area (TPSA) is 35.9 Å². The van der Waals surface area contributed by atoms with Gasteiger partial charge in [-0.25, -0.2) is 0 Å². The van der Waals surface area contributed by atoms with Crippen LogP contribution in [0.25, 0.3) is 77.2 Å². The van der Waals surface area contributed by atoms with Gasteiger partial charge in [0.25, 0.3) is 0 Å². The normalized spacial score (nSPS) is 12.1. The van der Waals surface area contributed by atoms with E-state index in [1.807, 2.05) is 24.3 Å². The highest BCUT2D eigenvalue weighted by Crippen LogP contribution is 2.41. The fraction of sp³-hybridized carbons (Fsp3) is 0. The second kappa shape index (κ2) is 7.59. The Hall–Kier alpha value is -5.35. The van der Waals surface area contributed by atoms with E-state index >= 15 is 0 Å². The molecule has 0 aliphatic rings. The molecule has 4 heteroatoms. The van der Waals surface area contributed by atoms with Crippen LogP contribution in [0.3, 0.4) is 0 Å². The summed E-state index contributed by atoms with van der Waals surface area (Å²) in [4.78, 5) is 4.89. The summed E-state index contributed by atoms with van der Waals surface area (Å²) in [6, 6.07) is 45.5. The molecule has 0 atom stereocenters. The Balaban J connectivity index is 1.51. The molecule has 0 aliphatic carbocycles. The second-order valence-corrected chi connectivity index (χ2v) is 10.1. The molecule has 182 valence electrons. The van der Waals surface area contributed by atoms with Crippen molar-refractivity contribution in [1.82, 2.24) is 14.1 Å². The maximum absolute atomic E-state index is 6.32. The molecule has 3 aromatic heterocycles. The molecule has 0 saturated heterocycles. The van der Waals surface area contributed by atoms with E-state index < -0.39 is 0 Å². The largest absolute Gasteiger partial charge is 0.423 e. The standard InChI is InChI=1S/C35H21N3O/c1-2-11-23(12-3-1)37-30-19-18-22-10-4-5-13-24(22)34(30)27-20-26-25-14-6-8-16-29(25)38(31(26)21-32(27)37)35-36-28-15-7-9-17-33(28)39-35/h1-21H. The number of fused-ring (bicyclic) bond motifs is 9. The lowest BCUT2D eigenvalue weighted by molar-refractivity contribution is 0.574. The predicted octanol–water partition coefficient (Wildman–Crippen LogP) is 9.18. The zero-order valence-electron chi connectivity index (χ0n) is 20.9. The summed E-state index contributed by atoms with van der Waals surface area (Å²) in [6.45, 7) is 0. The van der Waals surface area contributed by atoms with Crippen molar-refractivity contribution in [2.24, 2.45) is 0 Å². The van der Waals surface area contributed by atoms with Crippen molar-refractivity contribution in [2.45, 2.75) is 0 Å². The van der Waals surface area contributed by atoms with E-state index in [1.165, 1.54) is 37.8 Å². The van der Waals surface area contributed by atoms with Gasteiger partial charge < -0.3 is 8.98 Å². The Labute approximate surface area is 222 Å². The molecule has 0 bridgehead atoms. The summed E-state index contributed by atoms with van der Waals surface area (Å²) >= 11 is 0. The van der Waals surface area contributed by atoms with Crippen molar-refractivity contribution in [3.63, 3.8) is 0 Å². The molecular weight excluding hydrogens is 478 g/mol. The number of rotatable bonds is 2. The second-order valence-electron chi connectivity index (χ2n) is 10.1. The van der Waals surface area contributed by atoms with Crippen LogP contribution < -0.4 is 0 Å². The Morgan fingerprint density at radius 2 is 1.23 bits per heavy atom. The first-order valence-electron chi connectivity index (χ1n) is 13.2. The van der Waals surface area contributed by atoms with Crippen molar-refractivity contribution < 1.29 is 4.42 Å². The molecule has 0 fully saturated rings. The van der Waals surface area contributed by atoms with Crippen molar-refractivity contribution >= 4 is 65.5 Å². The molecule has 4 nitrogen and oxygen atoms in total. The minimum absolute atomic E-state index is 0.578. The summed E-state index contributed by atoms with van der Waals surface area (Å²) in [5.74, 6) is 0. The van der Waals surface area contributed by atoms with Gasteiger partial charge >= 0.3 is 6.01 Å². The number of oxazole rings is 1. The Morgan fingerprint density at radius 3 is 2.13 bits per heavy atom. The number of hydrogen-bond acceptors (Lipinski definition) is 2. The third-order valence-electron chi connectivity index (χ3n) is 7.94. The van der Waals surface area contributed by atoms with Crippen LogP contribution >= 0.6 is 0 Å². The van der Waals surface area contributed by atoms with E-state index in [9.17, 15) is 0 Å². The Bertz CT molecular complexity index is 2360. The van der Waals surface area contributed by atoms with E-state index in [0.29, 0.717) is 6.01 Å². The van der Waals surface area contributed by atoms with Gasteiger partial charge in [0.05, 0.1) is 22.1 Å². The minimum atomic E-state index is 0.578. The van der Waals surface area contributed by atoms with E-state index in [2.05, 4.69) is 112 Å². The van der Waals surface area contributed by atoms with Crippen molar-refractivity contribution in [2.75, 3.05) is 0 Å². The fourth-order valence-corrected chi connectivity index (χ4v) is 6.27. The first kappa shape index (κ1) is 20.7. The summed E-state index contributed by atoms with van der Waals surface area (Å²) in [6.07, 6.45) is 0. The average Bonchev–Trinajstić information content (AvgIpc) is 3.66. The smallest absolute Gasteiger partial charge is 0.307 e. The monoisotopic (exact) mass is 499 g/mol. The van der Waals surface area contributed by atoms with E-state index in [0.717, 1.165) is 33.3 Å². The van der Waals surface area contributed by atoms with Crippen LogP contribution in [0.4, 0.5) is 0 Å². The average molecular weight is 500 g/mol. The molecule has 0 N–H and O–H groups in total. The molecule has 0 amide bonds. The quantitative estimate of drug-likeness (QED) is 0.238. The summed E-state index contributed by atoms with van der Waals surface area (Å²) in [7, 11) is 0. The summed E-state index contributed by atoms with van der Waals surface area (Å²) in [5, 5.41) is 7.37. The third kappa shape index (κ3) is 2.80. The molecule has 0 radical (unpaired) electrons. The number of hydrogen-bond donors (Lipinski definition) is 0. The lowest BCUT2D eigenvalue weighted by atomic mass is 10.0. The molecule has 0 unspecified atom stereocenters. The molecule has 3 heterocycles. The summed E-state index contributed by atoms with van der Waals surface area (Å²) in [5.41, 5.74) is 7.26. The van der Waals surface area contributed by atoms with Crippen LogP contribution in [-0.4, -0.2) is 14.1 Å². The van der Waals surface area contributed by atoms with Gasteiger partial charge in [-0.05, 0) is 59.3 Å². The number of para-hydroxylation sites is 4. The molecule has 6 aromatic carbocycles. The highest BCUT2D eigenvalue weighted by atomic mass is 16.4. The Kier molecular flexibility index (Phi) is 4.02. The maximum Gasteiger partial charge on any atom is 0.307 e. The third-order valence-corrected chi connectivity index (χ3v) is 7.94. The van der Waals surface area contributed by atoms with E-state index in [-0.39, 0.29) is 0 Å². The van der Waals surface area contributed by atoms with Gasteiger partial charge in [0, 0.05) is 27.2 Å². The van der Waals surface area contributed by atoms with E-state index in [1.54, 1.807) is 0 Å². The van der Waals surface area contributed by atoms with Gasteiger partial charge in [-0.15, -0.1) is 0 Å². The SMILES string of the molecule is c1ccc(-n2c3cc4c(cc3c3c5ccccc5ccc32)c2ccccc2n4-c2nc3ccccc3o2)cc1. The van der Waals surface area contributed by atoms with Gasteiger partial charge in [-0.3, -0.25) is 4.57 Å². The minimum Gasteiger partial charge on any atom is -0.423 e. The predicted molar refractivity (Wildman–Crippen MR) is 160 cm³/mol. The fourth-order valence-electron chi connectivity index (χ4n) is 6.27. The molecule has 0 aliphatic heterocycles. The van der Waals surface area contributed by atoms with Crippen molar-refractivity contribution in [1.29, 1.82) is 0 Å². The van der Waals surface area contributed by atoms with Crippen LogP contribution in [0.5, 0.6) is 0 Å². The molecule has 9 aromatic rings. The van der Waals surface area contributed by atoms with Crippen LogP contribution in [-0.2, 0) is 0 Å². The lowest BCUT2D eigenvalue weighted by Crippen LogP contribution is -1.95. The first-order valence-corrected chi connectivity index (χ1v) is 13.2. The van der Waals surface area contributed by atoms with Gasteiger partial charge in [0.15, 0.2) is 5.58 Å². The molecule has 0 saturated carbocycles. The van der Waals surface area contributed by atoms with E-state index in [4.69, 9.17) is 9.40 Å². The first-order chi connectivity index (χ1) is 19.3. The van der Waals surface area contributed by atoms with Crippen LogP contribution in [0.15, 0.2) is 132 Å². The highest BCUT2D eigenvalue weighted by Gasteiger charge is 2.21. The maximum atomic E-state index is 6.32. The van der Waals surface area contributed by atoms with Crippen molar-refractivity contribution in [3.05, 3.63) is 127 Å². The molecule has 9 rings (SSSR count). The van der Waals surface area contributed by atoms with Crippen molar-refractivity contribution in [3.8, 4) is 11.7 Å². The van der Waals surface area contributed by atoms with Gasteiger partial charge in [0.1, 0.15) is 5.52 Å². The summed E-state index contributed by atoms with van der Waals surface area (Å²) < 4.78 is 10.9. The van der Waals surface area contributed by atoms with Crippen LogP contribution in [0.2, 0.25) is 0 Å². The molecule has 39 heavy (non-hydrogen) atoms. The number of nitrogens with zero attached hydrogens (tertiary/aromatic N) is 3. The van der Waals surface area contributed by atoms with Gasteiger partial charge in [-0.1, -0.05) is 78.9 Å². The number of benzene rings is 6. The van der Waals surface area contributed by atoms with Gasteiger partial charge in [-0.2, -0.15) is 4.98 Å². The van der Waals surface area contributed by atoms with Crippen LogP contribution in [0, 0.1) is 0 Å². The zero-order chi connectivity index (χ0) is 25.5. The lowest BCUT2D eigenvalue weighted by Gasteiger charge is -2.08. The molecule has 0 spiro atoms.